The monoisotopic (exact) mass is 386 g/mol. The first-order valence-electron chi connectivity index (χ1n) is 5.69. The second kappa shape index (κ2) is 9.38. The van der Waals surface area contributed by atoms with Gasteiger partial charge in [-0.2, -0.15) is 0 Å². The average Bonchev–Trinajstić information content (AvgIpc) is 2.31. The van der Waals surface area contributed by atoms with Gasteiger partial charge in [-0.25, -0.2) is 0 Å². The molecule has 0 aromatic heterocycles. The number of carbonyl (C=O) groups excluding carboxylic acids is 2. The minimum atomic E-state index is -1.56. The number of hydrogen-bond acceptors (Lipinski definition) is 6. The van der Waals surface area contributed by atoms with E-state index >= 15 is 0 Å². The Morgan fingerprint density at radius 3 is 2.47 bits per heavy atom. The maximum absolute atomic E-state index is 11.3. The number of carbonyl (C=O) groups is 2. The van der Waals surface area contributed by atoms with Crippen molar-refractivity contribution in [1.29, 1.82) is 0 Å². The quantitative estimate of drug-likeness (QED) is 0.463. The Bertz CT molecular complexity index is 263. The van der Waals surface area contributed by atoms with Crippen LogP contribution in [0.2, 0.25) is 9.38 Å². The van der Waals surface area contributed by atoms with Crippen LogP contribution in [0.3, 0.4) is 0 Å². The van der Waals surface area contributed by atoms with Crippen LogP contribution in [-0.2, 0) is 19.1 Å². The molecule has 1 aliphatic rings. The predicted octanol–water partition coefficient (Wildman–Crippen LogP) is 1.30. The Balaban J connectivity index is 2.33. The Morgan fingerprint density at radius 1 is 1.12 bits per heavy atom. The van der Waals surface area contributed by atoms with E-state index in [1.54, 1.807) is 11.8 Å². The van der Waals surface area contributed by atoms with Crippen LogP contribution in [0.4, 0.5) is 0 Å². The summed E-state index contributed by atoms with van der Waals surface area (Å²) in [5.74, 6) is 1.67. The topological polar surface area (TPSA) is 52.6 Å². The van der Waals surface area contributed by atoms with E-state index in [2.05, 4.69) is 4.94 Å². The maximum atomic E-state index is 11.3. The molecule has 1 heterocycles. The third-order valence-corrected chi connectivity index (χ3v) is 16.3. The Hall–Kier alpha value is 0.439. The number of ether oxygens (including phenoxy) is 2. The van der Waals surface area contributed by atoms with E-state index in [9.17, 15) is 9.59 Å². The number of hydrogen-bond donors (Lipinski definition) is 0. The zero-order chi connectivity index (χ0) is 12.5. The van der Waals surface area contributed by atoms with Crippen molar-refractivity contribution in [3.05, 3.63) is 0 Å². The fraction of sp³-hybridized carbons (Fsp3) is 0.800. The summed E-state index contributed by atoms with van der Waals surface area (Å²) in [5, 5.41) is 0. The van der Waals surface area contributed by atoms with Gasteiger partial charge in [0.25, 0.3) is 0 Å². The van der Waals surface area contributed by atoms with E-state index in [0.717, 1.165) is 5.75 Å². The molecule has 7 heteroatoms. The molecule has 0 spiro atoms. The fourth-order valence-electron chi connectivity index (χ4n) is 1.21. The van der Waals surface area contributed by atoms with E-state index in [1.807, 2.05) is 8.95 Å². The average molecular weight is 385 g/mol. The molecule has 1 fully saturated rings. The van der Waals surface area contributed by atoms with Crippen LogP contribution in [0.5, 0.6) is 0 Å². The molecular formula is C10H18O4S2Sn. The van der Waals surface area contributed by atoms with Crippen molar-refractivity contribution in [2.45, 2.75) is 15.8 Å². The first-order valence-corrected chi connectivity index (χ1v) is 17.6. The van der Waals surface area contributed by atoms with Gasteiger partial charge in [0.05, 0.1) is 0 Å². The van der Waals surface area contributed by atoms with Gasteiger partial charge in [-0.05, 0) is 0 Å². The normalized spacial score (nSPS) is 25.6. The summed E-state index contributed by atoms with van der Waals surface area (Å²) in [6.07, 6.45) is 0.589. The molecule has 0 amide bonds. The molecule has 0 aromatic rings. The molecule has 1 aliphatic heterocycles. The van der Waals surface area contributed by atoms with Crippen molar-refractivity contribution in [2.24, 2.45) is 0 Å². The van der Waals surface area contributed by atoms with Crippen molar-refractivity contribution in [1.82, 2.24) is 0 Å². The van der Waals surface area contributed by atoms with Gasteiger partial charge in [0.1, 0.15) is 0 Å². The molecule has 0 bridgehead atoms. The molecule has 0 aromatic carbocycles. The van der Waals surface area contributed by atoms with Crippen LogP contribution in [0, 0.1) is 0 Å². The van der Waals surface area contributed by atoms with Crippen molar-refractivity contribution in [3.8, 4) is 0 Å². The molecule has 0 N–H and O–H groups in total. The molecule has 0 aliphatic carbocycles. The SMILES string of the molecule is [CH3][SnH]1[CH2]CSCC(=O)OCCCOC(=O)C[S]1. The van der Waals surface area contributed by atoms with Crippen molar-refractivity contribution >= 4 is 51.0 Å². The van der Waals surface area contributed by atoms with E-state index in [0.29, 0.717) is 31.1 Å². The van der Waals surface area contributed by atoms with Crippen LogP contribution in [0.1, 0.15) is 6.42 Å². The molecule has 0 radical (unpaired) electrons. The Kier molecular flexibility index (Phi) is 8.55. The first-order chi connectivity index (χ1) is 8.18. The van der Waals surface area contributed by atoms with Gasteiger partial charge in [0.15, 0.2) is 0 Å². The summed E-state index contributed by atoms with van der Waals surface area (Å²) in [6.45, 7) is 0.694. The van der Waals surface area contributed by atoms with Gasteiger partial charge in [-0.15, -0.1) is 0 Å². The first kappa shape index (κ1) is 15.5. The van der Waals surface area contributed by atoms with E-state index in [1.165, 1.54) is 4.44 Å². The number of cyclic esters (lactones) is 2. The predicted molar refractivity (Wildman–Crippen MR) is 74.1 cm³/mol. The summed E-state index contributed by atoms with van der Waals surface area (Å²) < 4.78 is 11.2. The van der Waals surface area contributed by atoms with Crippen molar-refractivity contribution in [2.75, 3.05) is 30.5 Å². The molecule has 1 atom stereocenters. The van der Waals surface area contributed by atoms with E-state index in [4.69, 9.17) is 9.47 Å². The van der Waals surface area contributed by atoms with Gasteiger partial charge in [0, 0.05) is 0 Å². The van der Waals surface area contributed by atoms with Crippen LogP contribution < -0.4 is 0 Å². The van der Waals surface area contributed by atoms with Crippen LogP contribution >= 0.6 is 20.7 Å². The molecule has 98 valence electrons. The summed E-state index contributed by atoms with van der Waals surface area (Å²) in [4.78, 5) is 24.9. The van der Waals surface area contributed by atoms with Gasteiger partial charge in [0.2, 0.25) is 0 Å². The molecule has 1 saturated heterocycles. The summed E-state index contributed by atoms with van der Waals surface area (Å²) in [7, 11) is 1.82. The fourth-order valence-corrected chi connectivity index (χ4v) is 14.0. The van der Waals surface area contributed by atoms with Crippen molar-refractivity contribution in [3.63, 3.8) is 0 Å². The van der Waals surface area contributed by atoms with E-state index in [-0.39, 0.29) is 11.9 Å². The number of esters is 2. The van der Waals surface area contributed by atoms with Crippen LogP contribution in [0.15, 0.2) is 0 Å². The Labute approximate surface area is 116 Å². The standard InChI is InChI=1S/C9H15O4S2.CH3.Sn.H/c1-2-15-7-9(11)13-5-3-4-12-8(10)6-14;;;/h14H,1-7H2;1H3;;/q;;+1;/p-1. The van der Waals surface area contributed by atoms with Gasteiger partial charge in [-0.1, -0.05) is 0 Å². The second-order valence-corrected chi connectivity index (χ2v) is 20.0. The third kappa shape index (κ3) is 8.20. The molecule has 0 saturated carbocycles. The summed E-state index contributed by atoms with van der Waals surface area (Å²) in [6, 6.07) is 0. The van der Waals surface area contributed by atoms with Crippen LogP contribution in [-0.4, -0.2) is 60.8 Å². The molecule has 17 heavy (non-hydrogen) atoms. The summed E-state index contributed by atoms with van der Waals surface area (Å²) in [5.41, 5.74) is 0. The second-order valence-electron chi connectivity index (χ2n) is 3.76. The van der Waals surface area contributed by atoms with Crippen molar-refractivity contribution < 1.29 is 19.1 Å². The zero-order valence-electron chi connectivity index (χ0n) is 9.98. The van der Waals surface area contributed by atoms with E-state index < -0.39 is 18.4 Å². The molecule has 4 nitrogen and oxygen atoms in total. The number of thioether (sulfide) groups is 1. The van der Waals surface area contributed by atoms with Gasteiger partial charge >= 0.3 is 116 Å². The van der Waals surface area contributed by atoms with Gasteiger partial charge < -0.3 is 0 Å². The Morgan fingerprint density at radius 2 is 1.76 bits per heavy atom. The van der Waals surface area contributed by atoms with Crippen LogP contribution in [0.25, 0.3) is 0 Å². The third-order valence-electron chi connectivity index (χ3n) is 2.19. The molecule has 1 rings (SSSR count). The molecular weight excluding hydrogens is 367 g/mol. The van der Waals surface area contributed by atoms with Gasteiger partial charge in [-0.3, -0.25) is 0 Å². The minimum absolute atomic E-state index is 0.130. The number of rotatable bonds is 0. The molecule has 1 unspecified atom stereocenters. The summed E-state index contributed by atoms with van der Waals surface area (Å²) >= 11 is 0.0783. The zero-order valence-corrected chi connectivity index (χ0v) is 14.9.